The number of ether oxygens (including phenoxy) is 1. The molecule has 0 saturated heterocycles. The van der Waals surface area contributed by atoms with E-state index in [0.29, 0.717) is 18.9 Å². The van der Waals surface area contributed by atoms with Crippen molar-refractivity contribution in [3.8, 4) is 5.75 Å². The average molecular weight is 282 g/mol. The number of carbonyl (C=O) groups excluding carboxylic acids is 1. The van der Waals surface area contributed by atoms with Gasteiger partial charge in [0.15, 0.2) is 6.10 Å². The predicted octanol–water partition coefficient (Wildman–Crippen LogP) is 2.76. The maximum absolute atomic E-state index is 12.0. The van der Waals surface area contributed by atoms with Crippen molar-refractivity contribution >= 4 is 17.5 Å². The Hall–Kier alpha value is -1.22. The fourth-order valence-corrected chi connectivity index (χ4v) is 2.68. The van der Waals surface area contributed by atoms with Crippen molar-refractivity contribution in [3.05, 3.63) is 29.8 Å². The third-order valence-corrected chi connectivity index (χ3v) is 3.50. The van der Waals surface area contributed by atoms with E-state index in [-0.39, 0.29) is 11.3 Å². The Morgan fingerprint density at radius 2 is 2.21 bits per heavy atom. The van der Waals surface area contributed by atoms with Crippen molar-refractivity contribution in [2.45, 2.75) is 38.2 Å². The molecule has 104 valence electrons. The molecule has 2 unspecified atom stereocenters. The van der Waals surface area contributed by atoms with Gasteiger partial charge in [-0.3, -0.25) is 4.79 Å². The molecule has 1 aromatic rings. The van der Waals surface area contributed by atoms with Crippen molar-refractivity contribution in [1.82, 2.24) is 5.32 Å². The molecule has 0 saturated carbocycles. The maximum Gasteiger partial charge on any atom is 0.261 e. The minimum Gasteiger partial charge on any atom is -0.480 e. The normalized spacial score (nSPS) is 18.8. The molecule has 3 nitrogen and oxygen atoms in total. The van der Waals surface area contributed by atoms with Gasteiger partial charge in [0.1, 0.15) is 5.75 Å². The molecule has 2 atom stereocenters. The van der Waals surface area contributed by atoms with Gasteiger partial charge in [0.05, 0.1) is 5.38 Å². The molecule has 4 heteroatoms. The molecule has 1 heterocycles. The lowest BCUT2D eigenvalue weighted by Crippen LogP contribution is -2.40. The van der Waals surface area contributed by atoms with E-state index in [9.17, 15) is 4.79 Å². The lowest BCUT2D eigenvalue weighted by atomic mass is 10.1. The van der Waals surface area contributed by atoms with E-state index in [0.717, 1.165) is 17.7 Å². The lowest BCUT2D eigenvalue weighted by molar-refractivity contribution is -0.127. The highest BCUT2D eigenvalue weighted by atomic mass is 35.5. The molecule has 0 radical (unpaired) electrons. The van der Waals surface area contributed by atoms with Crippen LogP contribution in [-0.2, 0) is 11.2 Å². The van der Waals surface area contributed by atoms with Crippen LogP contribution in [0, 0.1) is 5.92 Å². The summed E-state index contributed by atoms with van der Waals surface area (Å²) in [7, 11) is 0. The minimum absolute atomic E-state index is 0.0206. The molecule has 0 aliphatic carbocycles. The summed E-state index contributed by atoms with van der Waals surface area (Å²) in [4.78, 5) is 12.0. The van der Waals surface area contributed by atoms with Crippen LogP contribution in [-0.4, -0.2) is 23.9 Å². The SMILES string of the molecule is CC(C)CC(Cl)CNC(=O)C1Cc2ccccc2O1. The van der Waals surface area contributed by atoms with Gasteiger partial charge in [0, 0.05) is 13.0 Å². The van der Waals surface area contributed by atoms with Gasteiger partial charge >= 0.3 is 0 Å². The van der Waals surface area contributed by atoms with E-state index in [1.165, 1.54) is 0 Å². The van der Waals surface area contributed by atoms with Gasteiger partial charge in [-0.25, -0.2) is 0 Å². The number of fused-ring (bicyclic) bond motifs is 1. The fraction of sp³-hybridized carbons (Fsp3) is 0.533. The van der Waals surface area contributed by atoms with Crippen LogP contribution in [0.1, 0.15) is 25.8 Å². The summed E-state index contributed by atoms with van der Waals surface area (Å²) in [6.45, 7) is 4.73. The van der Waals surface area contributed by atoms with Gasteiger partial charge in [-0.2, -0.15) is 0 Å². The Kier molecular flexibility index (Phi) is 4.70. The number of hydrogen-bond donors (Lipinski definition) is 1. The molecule has 0 aromatic heterocycles. The van der Waals surface area contributed by atoms with Crippen LogP contribution >= 0.6 is 11.6 Å². The Balaban J connectivity index is 1.80. The largest absolute Gasteiger partial charge is 0.480 e. The number of alkyl halides is 1. The highest BCUT2D eigenvalue weighted by Gasteiger charge is 2.28. The number of carbonyl (C=O) groups is 1. The lowest BCUT2D eigenvalue weighted by Gasteiger charge is -2.15. The van der Waals surface area contributed by atoms with Crippen molar-refractivity contribution < 1.29 is 9.53 Å². The van der Waals surface area contributed by atoms with E-state index in [1.807, 2.05) is 24.3 Å². The summed E-state index contributed by atoms with van der Waals surface area (Å²) >= 11 is 6.16. The molecule has 2 rings (SSSR count). The Morgan fingerprint density at radius 1 is 1.47 bits per heavy atom. The Labute approximate surface area is 119 Å². The zero-order valence-corrected chi connectivity index (χ0v) is 12.1. The predicted molar refractivity (Wildman–Crippen MR) is 76.7 cm³/mol. The van der Waals surface area contributed by atoms with Crippen LogP contribution in [0.5, 0.6) is 5.75 Å². The molecule has 1 N–H and O–H groups in total. The summed E-state index contributed by atoms with van der Waals surface area (Å²) in [6.07, 6.45) is 1.12. The van der Waals surface area contributed by atoms with E-state index in [4.69, 9.17) is 16.3 Å². The number of amides is 1. The summed E-state index contributed by atoms with van der Waals surface area (Å²) in [6, 6.07) is 7.76. The first-order valence-electron chi connectivity index (χ1n) is 6.72. The summed E-state index contributed by atoms with van der Waals surface area (Å²) in [5.41, 5.74) is 1.09. The van der Waals surface area contributed by atoms with E-state index in [1.54, 1.807) is 0 Å². The van der Waals surface area contributed by atoms with Gasteiger partial charge in [-0.05, 0) is 24.0 Å². The number of rotatable bonds is 5. The van der Waals surface area contributed by atoms with Crippen LogP contribution in [0.3, 0.4) is 0 Å². The molecule has 0 bridgehead atoms. The second-order valence-electron chi connectivity index (χ2n) is 5.39. The summed E-state index contributed by atoms with van der Waals surface area (Å²) in [5.74, 6) is 1.27. The Bertz CT molecular complexity index is 423. The topological polar surface area (TPSA) is 38.3 Å². The van der Waals surface area contributed by atoms with Crippen molar-refractivity contribution in [2.75, 3.05) is 6.54 Å². The zero-order valence-electron chi connectivity index (χ0n) is 11.4. The van der Waals surface area contributed by atoms with Crippen molar-refractivity contribution in [1.29, 1.82) is 0 Å². The summed E-state index contributed by atoms with van der Waals surface area (Å²) in [5, 5.41) is 2.85. The molecule has 1 aliphatic heterocycles. The first-order chi connectivity index (χ1) is 9.06. The molecule has 0 fully saturated rings. The van der Waals surface area contributed by atoms with Crippen LogP contribution in [0.25, 0.3) is 0 Å². The molecule has 1 amide bonds. The van der Waals surface area contributed by atoms with E-state index < -0.39 is 6.10 Å². The van der Waals surface area contributed by atoms with Gasteiger partial charge < -0.3 is 10.1 Å². The molecule has 1 aromatic carbocycles. The molecule has 19 heavy (non-hydrogen) atoms. The highest BCUT2D eigenvalue weighted by Crippen LogP contribution is 2.28. The molecular formula is C15H20ClNO2. The standard InChI is InChI=1S/C15H20ClNO2/c1-10(2)7-12(16)9-17-15(18)14-8-11-5-3-4-6-13(11)19-14/h3-6,10,12,14H,7-9H2,1-2H3,(H,17,18). The monoisotopic (exact) mass is 281 g/mol. The van der Waals surface area contributed by atoms with Crippen LogP contribution in [0.15, 0.2) is 24.3 Å². The Morgan fingerprint density at radius 3 is 2.89 bits per heavy atom. The van der Waals surface area contributed by atoms with Gasteiger partial charge in [0.2, 0.25) is 0 Å². The highest BCUT2D eigenvalue weighted by molar-refractivity contribution is 6.20. The smallest absolute Gasteiger partial charge is 0.261 e. The zero-order chi connectivity index (χ0) is 13.8. The third kappa shape index (κ3) is 3.87. The first-order valence-corrected chi connectivity index (χ1v) is 7.16. The second kappa shape index (κ2) is 6.29. The number of halogens is 1. The number of benzene rings is 1. The van der Waals surface area contributed by atoms with E-state index >= 15 is 0 Å². The quantitative estimate of drug-likeness (QED) is 0.843. The van der Waals surface area contributed by atoms with Gasteiger partial charge in [-0.15, -0.1) is 11.6 Å². The van der Waals surface area contributed by atoms with Crippen molar-refractivity contribution in [3.63, 3.8) is 0 Å². The van der Waals surface area contributed by atoms with Gasteiger partial charge in [0.25, 0.3) is 5.91 Å². The van der Waals surface area contributed by atoms with Gasteiger partial charge in [-0.1, -0.05) is 32.0 Å². The van der Waals surface area contributed by atoms with Crippen LogP contribution in [0.4, 0.5) is 0 Å². The fourth-order valence-electron chi connectivity index (χ4n) is 2.25. The van der Waals surface area contributed by atoms with Crippen molar-refractivity contribution in [2.24, 2.45) is 5.92 Å². The van der Waals surface area contributed by atoms with E-state index in [2.05, 4.69) is 19.2 Å². The second-order valence-corrected chi connectivity index (χ2v) is 6.01. The maximum atomic E-state index is 12.0. The molecule has 1 aliphatic rings. The van der Waals surface area contributed by atoms with Crippen LogP contribution < -0.4 is 10.1 Å². The average Bonchev–Trinajstić information content (AvgIpc) is 2.78. The van der Waals surface area contributed by atoms with Crippen LogP contribution in [0.2, 0.25) is 0 Å². The number of hydrogen-bond acceptors (Lipinski definition) is 2. The number of para-hydroxylation sites is 1. The first kappa shape index (κ1) is 14.2. The minimum atomic E-state index is -0.416. The summed E-state index contributed by atoms with van der Waals surface area (Å²) < 4.78 is 5.63. The number of nitrogens with one attached hydrogen (secondary N) is 1. The molecular weight excluding hydrogens is 262 g/mol. The molecule has 0 spiro atoms. The third-order valence-electron chi connectivity index (χ3n) is 3.16.